The molecule has 0 saturated carbocycles. The van der Waals surface area contributed by atoms with E-state index < -0.39 is 0 Å². The van der Waals surface area contributed by atoms with Gasteiger partial charge in [-0.1, -0.05) is 30.3 Å². The molecule has 0 bridgehead atoms. The number of rotatable bonds is 3. The van der Waals surface area contributed by atoms with E-state index in [-0.39, 0.29) is 11.9 Å². The Labute approximate surface area is 159 Å². The van der Waals surface area contributed by atoms with Crippen LogP contribution in [0, 0.1) is 6.92 Å². The molecule has 1 aliphatic rings. The number of piperazine rings is 1. The number of aromatic nitrogens is 2. The molecule has 2 heterocycles. The van der Waals surface area contributed by atoms with Crippen LogP contribution in [0.1, 0.15) is 22.8 Å². The Hall–Kier alpha value is -3.08. The summed E-state index contributed by atoms with van der Waals surface area (Å²) < 4.78 is 0. The molecule has 4 rings (SSSR count). The Morgan fingerprint density at radius 3 is 2.52 bits per heavy atom. The second-order valence-corrected chi connectivity index (χ2v) is 7.13. The van der Waals surface area contributed by atoms with E-state index >= 15 is 0 Å². The Bertz CT molecular complexity index is 918. The fourth-order valence-corrected chi connectivity index (χ4v) is 3.77. The molecule has 1 N–H and O–H groups in total. The fourth-order valence-electron chi connectivity index (χ4n) is 3.77. The quantitative estimate of drug-likeness (QED) is 0.774. The second-order valence-electron chi connectivity index (χ2n) is 7.13. The van der Waals surface area contributed by atoms with E-state index in [4.69, 9.17) is 0 Å². The molecular formula is C22H24N4O. The van der Waals surface area contributed by atoms with Gasteiger partial charge in [0.1, 0.15) is 0 Å². The number of nitrogens with zero attached hydrogens (tertiary/aromatic N) is 3. The Balaban J connectivity index is 1.46. The molecule has 2 aromatic carbocycles. The van der Waals surface area contributed by atoms with Crippen LogP contribution in [0.2, 0.25) is 0 Å². The van der Waals surface area contributed by atoms with Crippen LogP contribution in [0.5, 0.6) is 0 Å². The number of carbonyl (C=O) groups excluding carboxylic acids is 1. The molecule has 1 aliphatic heterocycles. The van der Waals surface area contributed by atoms with E-state index in [1.54, 1.807) is 6.20 Å². The molecule has 3 aromatic rings. The van der Waals surface area contributed by atoms with Crippen molar-refractivity contribution in [2.75, 3.05) is 24.5 Å². The number of H-pyrrole nitrogens is 1. The van der Waals surface area contributed by atoms with Crippen LogP contribution in [0.4, 0.5) is 5.69 Å². The van der Waals surface area contributed by atoms with Gasteiger partial charge >= 0.3 is 0 Å². The molecule has 1 fully saturated rings. The Morgan fingerprint density at radius 1 is 1.07 bits per heavy atom. The molecule has 27 heavy (non-hydrogen) atoms. The predicted octanol–water partition coefficient (Wildman–Crippen LogP) is 3.74. The maximum absolute atomic E-state index is 13.0. The number of hydrogen-bond donors (Lipinski definition) is 1. The third-order valence-corrected chi connectivity index (χ3v) is 5.29. The third-order valence-electron chi connectivity index (χ3n) is 5.29. The zero-order valence-corrected chi connectivity index (χ0v) is 15.7. The smallest absolute Gasteiger partial charge is 0.254 e. The number of benzene rings is 2. The minimum absolute atomic E-state index is 0.100. The first-order valence-corrected chi connectivity index (χ1v) is 9.35. The van der Waals surface area contributed by atoms with Crippen LogP contribution < -0.4 is 4.90 Å². The second kappa shape index (κ2) is 7.27. The number of para-hydroxylation sites is 1. The summed E-state index contributed by atoms with van der Waals surface area (Å²) in [6.07, 6.45) is 1.73. The lowest BCUT2D eigenvalue weighted by Gasteiger charge is -2.41. The highest BCUT2D eigenvalue weighted by atomic mass is 16.2. The maximum Gasteiger partial charge on any atom is 0.254 e. The molecule has 1 aromatic heterocycles. The summed E-state index contributed by atoms with van der Waals surface area (Å²) in [7, 11) is 0. The molecule has 1 atom stereocenters. The van der Waals surface area contributed by atoms with Crippen LogP contribution in [-0.2, 0) is 0 Å². The van der Waals surface area contributed by atoms with Crippen LogP contribution >= 0.6 is 0 Å². The zero-order chi connectivity index (χ0) is 18.8. The average Bonchev–Trinajstić information content (AvgIpc) is 3.23. The van der Waals surface area contributed by atoms with Gasteiger partial charge in [0.2, 0.25) is 0 Å². The van der Waals surface area contributed by atoms with Gasteiger partial charge in [-0.15, -0.1) is 0 Å². The van der Waals surface area contributed by atoms with Crippen LogP contribution in [-0.4, -0.2) is 46.7 Å². The van der Waals surface area contributed by atoms with Crippen molar-refractivity contribution in [2.45, 2.75) is 19.9 Å². The summed E-state index contributed by atoms with van der Waals surface area (Å²) in [5.41, 5.74) is 5.25. The van der Waals surface area contributed by atoms with Crippen molar-refractivity contribution < 1.29 is 4.79 Å². The summed E-state index contributed by atoms with van der Waals surface area (Å²) in [5.74, 6) is 0.100. The van der Waals surface area contributed by atoms with Crippen molar-refractivity contribution in [3.05, 3.63) is 71.9 Å². The van der Waals surface area contributed by atoms with E-state index in [1.807, 2.05) is 35.2 Å². The summed E-state index contributed by atoms with van der Waals surface area (Å²) >= 11 is 0. The maximum atomic E-state index is 13.0. The molecule has 1 saturated heterocycles. The fraction of sp³-hybridized carbons (Fsp3) is 0.273. The Morgan fingerprint density at radius 2 is 1.85 bits per heavy atom. The topological polar surface area (TPSA) is 52.2 Å². The first kappa shape index (κ1) is 17.3. The first-order chi connectivity index (χ1) is 13.1. The zero-order valence-electron chi connectivity index (χ0n) is 15.7. The van der Waals surface area contributed by atoms with Crippen LogP contribution in [0.3, 0.4) is 0 Å². The van der Waals surface area contributed by atoms with Gasteiger partial charge in [-0.25, -0.2) is 0 Å². The number of aromatic amines is 1. The molecule has 5 heteroatoms. The lowest BCUT2D eigenvalue weighted by molar-refractivity contribution is 0.0674. The van der Waals surface area contributed by atoms with Crippen molar-refractivity contribution >= 4 is 11.6 Å². The number of anilines is 1. The lowest BCUT2D eigenvalue weighted by Crippen LogP contribution is -2.54. The van der Waals surface area contributed by atoms with Crippen LogP contribution in [0.25, 0.3) is 11.3 Å². The van der Waals surface area contributed by atoms with Crippen LogP contribution in [0.15, 0.2) is 60.8 Å². The highest BCUT2D eigenvalue weighted by Crippen LogP contribution is 2.24. The van der Waals surface area contributed by atoms with Gasteiger partial charge in [0, 0.05) is 43.1 Å². The van der Waals surface area contributed by atoms with Gasteiger partial charge < -0.3 is 9.80 Å². The van der Waals surface area contributed by atoms with E-state index in [0.29, 0.717) is 0 Å². The summed E-state index contributed by atoms with van der Waals surface area (Å²) in [4.78, 5) is 17.4. The molecule has 0 unspecified atom stereocenters. The van der Waals surface area contributed by atoms with Crippen molar-refractivity contribution in [3.63, 3.8) is 0 Å². The summed E-state index contributed by atoms with van der Waals surface area (Å²) in [6.45, 7) is 6.70. The lowest BCUT2D eigenvalue weighted by atomic mass is 10.1. The first-order valence-electron chi connectivity index (χ1n) is 9.35. The van der Waals surface area contributed by atoms with Gasteiger partial charge in [0.05, 0.1) is 5.69 Å². The van der Waals surface area contributed by atoms with Gasteiger partial charge in [-0.05, 0) is 49.2 Å². The number of amides is 1. The van der Waals surface area contributed by atoms with Gasteiger partial charge in [0.15, 0.2) is 0 Å². The van der Waals surface area contributed by atoms with Gasteiger partial charge in [0.25, 0.3) is 5.91 Å². The van der Waals surface area contributed by atoms with E-state index in [0.717, 1.165) is 36.5 Å². The number of carbonyl (C=O) groups is 1. The highest BCUT2D eigenvalue weighted by molar-refractivity contribution is 5.95. The predicted molar refractivity (Wildman–Crippen MR) is 108 cm³/mol. The van der Waals surface area contributed by atoms with Gasteiger partial charge in [-0.2, -0.15) is 5.10 Å². The van der Waals surface area contributed by atoms with Crippen molar-refractivity contribution in [1.29, 1.82) is 0 Å². The van der Waals surface area contributed by atoms with Crippen molar-refractivity contribution in [1.82, 2.24) is 15.1 Å². The standard InChI is InChI=1S/C22H24N4O/c1-16-5-3-4-6-21(16)25-13-14-26(17(2)15-25)22(27)19-9-7-18(8-10-19)20-11-12-23-24-20/h3-12,17H,13-15H2,1-2H3,(H,23,24)/t17-/m1/s1. The average molecular weight is 360 g/mol. The molecule has 0 aliphatic carbocycles. The number of hydrogen-bond acceptors (Lipinski definition) is 3. The molecule has 0 radical (unpaired) electrons. The van der Waals surface area contributed by atoms with E-state index in [2.05, 4.69) is 53.2 Å². The molecule has 1 amide bonds. The molecule has 138 valence electrons. The number of nitrogens with one attached hydrogen (secondary N) is 1. The van der Waals surface area contributed by atoms with E-state index in [9.17, 15) is 4.79 Å². The van der Waals surface area contributed by atoms with E-state index in [1.165, 1.54) is 11.3 Å². The SMILES string of the molecule is Cc1ccccc1N1CCN(C(=O)c2ccc(-c3ccn[nH]3)cc2)[C@H](C)C1. The molecular weight excluding hydrogens is 336 g/mol. The number of aryl methyl sites for hydroxylation is 1. The van der Waals surface area contributed by atoms with Gasteiger partial charge in [-0.3, -0.25) is 9.89 Å². The highest BCUT2D eigenvalue weighted by Gasteiger charge is 2.28. The minimum atomic E-state index is 0.100. The summed E-state index contributed by atoms with van der Waals surface area (Å²) in [5, 5.41) is 6.92. The largest absolute Gasteiger partial charge is 0.367 e. The molecule has 0 spiro atoms. The van der Waals surface area contributed by atoms with Crippen molar-refractivity contribution in [2.24, 2.45) is 0 Å². The molecule has 5 nitrogen and oxygen atoms in total. The minimum Gasteiger partial charge on any atom is -0.367 e. The normalized spacial score (nSPS) is 17.2. The monoisotopic (exact) mass is 360 g/mol. The summed E-state index contributed by atoms with van der Waals surface area (Å²) in [6, 6.07) is 18.3. The van der Waals surface area contributed by atoms with Crippen molar-refractivity contribution in [3.8, 4) is 11.3 Å². The Kier molecular flexibility index (Phi) is 4.67. The third kappa shape index (κ3) is 3.45.